The SMILES string of the molecule is Cc1ccc(NC(=O)COC(=O)c2ccc(S(=O)(=O)N3CCOCC3)cc2)cc1F. The highest BCUT2D eigenvalue weighted by atomic mass is 32.2. The van der Waals surface area contributed by atoms with E-state index in [0.29, 0.717) is 18.8 Å². The zero-order chi connectivity index (χ0) is 21.7. The zero-order valence-electron chi connectivity index (χ0n) is 16.3. The Balaban J connectivity index is 1.56. The molecule has 2 aromatic carbocycles. The number of carbonyl (C=O) groups is 2. The highest BCUT2D eigenvalue weighted by Crippen LogP contribution is 2.18. The molecule has 0 saturated carbocycles. The molecule has 0 atom stereocenters. The Bertz CT molecular complexity index is 1030. The molecule has 1 aliphatic rings. The number of morpholine rings is 1. The fourth-order valence-corrected chi connectivity index (χ4v) is 4.19. The predicted molar refractivity (Wildman–Crippen MR) is 106 cm³/mol. The second kappa shape index (κ2) is 9.33. The fourth-order valence-electron chi connectivity index (χ4n) is 2.78. The van der Waals surface area contributed by atoms with Crippen LogP contribution in [0.15, 0.2) is 47.4 Å². The van der Waals surface area contributed by atoms with Crippen LogP contribution < -0.4 is 5.32 Å². The molecule has 3 rings (SSSR count). The second-order valence-corrected chi connectivity index (χ2v) is 8.57. The first kappa shape index (κ1) is 21.9. The highest BCUT2D eigenvalue weighted by molar-refractivity contribution is 7.89. The van der Waals surface area contributed by atoms with E-state index in [2.05, 4.69) is 5.32 Å². The van der Waals surface area contributed by atoms with Gasteiger partial charge in [0, 0.05) is 18.8 Å². The van der Waals surface area contributed by atoms with Crippen molar-refractivity contribution < 1.29 is 31.9 Å². The van der Waals surface area contributed by atoms with Gasteiger partial charge in [0.25, 0.3) is 5.91 Å². The Morgan fingerprint density at radius 3 is 2.43 bits per heavy atom. The molecule has 0 radical (unpaired) electrons. The lowest BCUT2D eigenvalue weighted by Gasteiger charge is -2.26. The summed E-state index contributed by atoms with van der Waals surface area (Å²) in [6, 6.07) is 9.50. The number of hydrogen-bond acceptors (Lipinski definition) is 6. The summed E-state index contributed by atoms with van der Waals surface area (Å²) in [4.78, 5) is 24.1. The van der Waals surface area contributed by atoms with Gasteiger partial charge in [0.15, 0.2) is 6.61 Å². The minimum absolute atomic E-state index is 0.0556. The van der Waals surface area contributed by atoms with E-state index in [9.17, 15) is 22.4 Å². The van der Waals surface area contributed by atoms with Crippen molar-refractivity contribution in [2.75, 3.05) is 38.2 Å². The Morgan fingerprint density at radius 2 is 1.80 bits per heavy atom. The van der Waals surface area contributed by atoms with Crippen LogP contribution in [0, 0.1) is 12.7 Å². The lowest BCUT2D eigenvalue weighted by Crippen LogP contribution is -2.40. The van der Waals surface area contributed by atoms with Crippen LogP contribution in [-0.4, -0.2) is 57.5 Å². The van der Waals surface area contributed by atoms with Crippen molar-refractivity contribution in [2.24, 2.45) is 0 Å². The van der Waals surface area contributed by atoms with Crippen LogP contribution in [0.5, 0.6) is 0 Å². The van der Waals surface area contributed by atoms with E-state index in [1.807, 2.05) is 0 Å². The Hall–Kier alpha value is -2.82. The summed E-state index contributed by atoms with van der Waals surface area (Å²) in [5.41, 5.74) is 0.792. The van der Waals surface area contributed by atoms with Gasteiger partial charge in [-0.1, -0.05) is 6.07 Å². The van der Waals surface area contributed by atoms with Gasteiger partial charge in [-0.15, -0.1) is 0 Å². The molecule has 1 N–H and O–H groups in total. The molecule has 0 aliphatic carbocycles. The number of rotatable bonds is 6. The number of amides is 1. The van der Waals surface area contributed by atoms with E-state index in [1.54, 1.807) is 6.92 Å². The number of sulfonamides is 1. The number of ether oxygens (including phenoxy) is 2. The molecule has 10 heteroatoms. The van der Waals surface area contributed by atoms with Crippen molar-refractivity contribution in [1.29, 1.82) is 0 Å². The molecule has 2 aromatic rings. The number of carbonyl (C=O) groups excluding carboxylic acids is 2. The molecule has 30 heavy (non-hydrogen) atoms. The summed E-state index contributed by atoms with van der Waals surface area (Å²) in [5.74, 6) is -1.87. The second-order valence-electron chi connectivity index (χ2n) is 6.63. The number of aryl methyl sites for hydroxylation is 1. The van der Waals surface area contributed by atoms with E-state index in [-0.39, 0.29) is 29.2 Å². The molecule has 0 spiro atoms. The monoisotopic (exact) mass is 436 g/mol. The normalized spacial score (nSPS) is 14.9. The minimum atomic E-state index is -3.66. The third kappa shape index (κ3) is 5.21. The molecule has 0 aromatic heterocycles. The van der Waals surface area contributed by atoms with Crippen LogP contribution in [0.25, 0.3) is 0 Å². The summed E-state index contributed by atoms with van der Waals surface area (Å²) in [6.45, 7) is 2.24. The van der Waals surface area contributed by atoms with Gasteiger partial charge in [-0.25, -0.2) is 17.6 Å². The van der Waals surface area contributed by atoms with Crippen molar-refractivity contribution >= 4 is 27.6 Å². The van der Waals surface area contributed by atoms with Gasteiger partial charge in [0.05, 0.1) is 23.7 Å². The maximum Gasteiger partial charge on any atom is 0.338 e. The van der Waals surface area contributed by atoms with Crippen molar-refractivity contribution in [3.05, 3.63) is 59.4 Å². The third-order valence-corrected chi connectivity index (χ3v) is 6.40. The maximum absolute atomic E-state index is 13.5. The van der Waals surface area contributed by atoms with Crippen LogP contribution in [-0.2, 0) is 24.3 Å². The van der Waals surface area contributed by atoms with Crippen LogP contribution >= 0.6 is 0 Å². The van der Waals surface area contributed by atoms with Crippen LogP contribution in [0.1, 0.15) is 15.9 Å². The fraction of sp³-hybridized carbons (Fsp3) is 0.300. The predicted octanol–water partition coefficient (Wildman–Crippen LogP) is 1.95. The number of nitrogens with one attached hydrogen (secondary N) is 1. The molecule has 160 valence electrons. The number of esters is 1. The lowest BCUT2D eigenvalue weighted by atomic mass is 10.2. The van der Waals surface area contributed by atoms with Crippen molar-refractivity contribution in [2.45, 2.75) is 11.8 Å². The minimum Gasteiger partial charge on any atom is -0.452 e. The lowest BCUT2D eigenvalue weighted by molar-refractivity contribution is -0.119. The summed E-state index contributed by atoms with van der Waals surface area (Å²) >= 11 is 0. The van der Waals surface area contributed by atoms with E-state index >= 15 is 0 Å². The largest absolute Gasteiger partial charge is 0.452 e. The molecule has 1 fully saturated rings. The van der Waals surface area contributed by atoms with Gasteiger partial charge in [-0.3, -0.25) is 4.79 Å². The maximum atomic E-state index is 13.5. The van der Waals surface area contributed by atoms with Gasteiger partial charge in [0.1, 0.15) is 5.82 Å². The smallest absolute Gasteiger partial charge is 0.338 e. The van der Waals surface area contributed by atoms with Crippen LogP contribution in [0.3, 0.4) is 0 Å². The van der Waals surface area contributed by atoms with Crippen molar-refractivity contribution in [3.8, 4) is 0 Å². The Kier molecular flexibility index (Phi) is 6.80. The number of halogens is 1. The first-order chi connectivity index (χ1) is 14.3. The van der Waals surface area contributed by atoms with E-state index in [0.717, 1.165) is 0 Å². The molecule has 0 unspecified atom stereocenters. The van der Waals surface area contributed by atoms with Crippen LogP contribution in [0.2, 0.25) is 0 Å². The zero-order valence-corrected chi connectivity index (χ0v) is 17.1. The van der Waals surface area contributed by atoms with E-state index < -0.39 is 34.3 Å². The summed E-state index contributed by atoms with van der Waals surface area (Å²) in [6.07, 6.45) is 0. The van der Waals surface area contributed by atoms with E-state index in [1.165, 1.54) is 46.8 Å². The molecule has 1 aliphatic heterocycles. The molecule has 1 saturated heterocycles. The molecule has 8 nitrogen and oxygen atoms in total. The molecule has 1 heterocycles. The average molecular weight is 436 g/mol. The van der Waals surface area contributed by atoms with Gasteiger partial charge in [-0.2, -0.15) is 4.31 Å². The van der Waals surface area contributed by atoms with Gasteiger partial charge < -0.3 is 14.8 Å². The quantitative estimate of drug-likeness (QED) is 0.695. The Labute approximate surface area is 173 Å². The first-order valence-electron chi connectivity index (χ1n) is 9.18. The van der Waals surface area contributed by atoms with Gasteiger partial charge in [-0.05, 0) is 48.9 Å². The molecule has 1 amide bonds. The molecular weight excluding hydrogens is 415 g/mol. The number of nitrogens with zero attached hydrogens (tertiary/aromatic N) is 1. The Morgan fingerprint density at radius 1 is 1.13 bits per heavy atom. The molecular formula is C20H21FN2O6S. The summed E-state index contributed by atoms with van der Waals surface area (Å²) < 4.78 is 50.1. The number of hydrogen-bond donors (Lipinski definition) is 1. The van der Waals surface area contributed by atoms with Crippen LogP contribution in [0.4, 0.5) is 10.1 Å². The van der Waals surface area contributed by atoms with E-state index in [4.69, 9.17) is 9.47 Å². The average Bonchev–Trinajstić information content (AvgIpc) is 2.75. The standard InChI is InChI=1S/C20H21FN2O6S/c1-14-2-5-16(12-18(14)21)22-19(24)13-29-20(25)15-3-6-17(7-4-15)30(26,27)23-8-10-28-11-9-23/h2-7,12H,8-11,13H2,1H3,(H,22,24). The van der Waals surface area contributed by atoms with Crippen molar-refractivity contribution in [1.82, 2.24) is 4.31 Å². The summed E-state index contributed by atoms with van der Waals surface area (Å²) in [5, 5.41) is 2.43. The third-order valence-electron chi connectivity index (χ3n) is 4.49. The topological polar surface area (TPSA) is 102 Å². The number of anilines is 1. The van der Waals surface area contributed by atoms with Crippen molar-refractivity contribution in [3.63, 3.8) is 0 Å². The summed E-state index contributed by atoms with van der Waals surface area (Å²) in [7, 11) is -3.66. The number of benzene rings is 2. The molecule has 0 bridgehead atoms. The van der Waals surface area contributed by atoms with Gasteiger partial charge >= 0.3 is 5.97 Å². The van der Waals surface area contributed by atoms with Gasteiger partial charge in [0.2, 0.25) is 10.0 Å². The highest BCUT2D eigenvalue weighted by Gasteiger charge is 2.26. The first-order valence-corrected chi connectivity index (χ1v) is 10.6.